The molecule has 1 aliphatic carbocycles. The van der Waals surface area contributed by atoms with Crippen LogP contribution in [-0.2, 0) is 14.2 Å². The molecule has 2 aliphatic heterocycles. The Morgan fingerprint density at radius 2 is 2.00 bits per heavy atom. The van der Waals surface area contributed by atoms with E-state index < -0.39 is 0 Å². The maximum atomic E-state index is 6.27. The summed E-state index contributed by atoms with van der Waals surface area (Å²) in [4.78, 5) is 0. The van der Waals surface area contributed by atoms with Crippen molar-refractivity contribution < 1.29 is 14.2 Å². The first-order valence-electron chi connectivity index (χ1n) is 7.40. The fourth-order valence-corrected chi connectivity index (χ4v) is 3.50. The molecular formula is C14H25NO3. The second-order valence-electron chi connectivity index (χ2n) is 6.07. The van der Waals surface area contributed by atoms with E-state index in [0.717, 1.165) is 51.9 Å². The average Bonchev–Trinajstić information content (AvgIpc) is 2.80. The van der Waals surface area contributed by atoms with Crippen LogP contribution < -0.4 is 5.73 Å². The summed E-state index contributed by atoms with van der Waals surface area (Å²) in [6.07, 6.45) is 8.34. The van der Waals surface area contributed by atoms with Crippen LogP contribution in [0.3, 0.4) is 0 Å². The Balaban J connectivity index is 1.55. The van der Waals surface area contributed by atoms with Gasteiger partial charge in [-0.3, -0.25) is 0 Å². The van der Waals surface area contributed by atoms with Gasteiger partial charge in [0.25, 0.3) is 0 Å². The normalized spacial score (nSPS) is 45.5. The Hall–Kier alpha value is -0.160. The third kappa shape index (κ3) is 2.72. The Kier molecular flexibility index (Phi) is 3.89. The molecule has 2 N–H and O–H groups in total. The monoisotopic (exact) mass is 255 g/mol. The summed E-state index contributed by atoms with van der Waals surface area (Å²) in [7, 11) is 0. The molecule has 0 aromatic carbocycles. The molecule has 18 heavy (non-hydrogen) atoms. The van der Waals surface area contributed by atoms with Crippen LogP contribution in [-0.4, -0.2) is 43.7 Å². The average molecular weight is 255 g/mol. The largest absolute Gasteiger partial charge is 0.378 e. The molecule has 2 saturated heterocycles. The van der Waals surface area contributed by atoms with Gasteiger partial charge in [0, 0.05) is 32.1 Å². The van der Waals surface area contributed by atoms with Gasteiger partial charge in [-0.05, 0) is 19.3 Å². The van der Waals surface area contributed by atoms with Crippen molar-refractivity contribution >= 4 is 0 Å². The lowest BCUT2D eigenvalue weighted by molar-refractivity contribution is -0.153. The Morgan fingerprint density at radius 1 is 1.11 bits per heavy atom. The number of hydrogen-bond donors (Lipinski definition) is 1. The molecule has 2 heterocycles. The van der Waals surface area contributed by atoms with E-state index in [0.29, 0.717) is 6.10 Å². The van der Waals surface area contributed by atoms with E-state index in [2.05, 4.69) is 0 Å². The highest BCUT2D eigenvalue weighted by molar-refractivity contribution is 4.92. The van der Waals surface area contributed by atoms with Crippen LogP contribution in [0, 0.1) is 0 Å². The molecule has 4 unspecified atom stereocenters. The molecule has 1 spiro atoms. The molecule has 0 radical (unpaired) electrons. The van der Waals surface area contributed by atoms with Crippen LogP contribution in [0.15, 0.2) is 0 Å². The number of hydrogen-bond acceptors (Lipinski definition) is 4. The smallest absolute Gasteiger partial charge is 0.0961 e. The van der Waals surface area contributed by atoms with Crippen LogP contribution in [0.4, 0.5) is 0 Å². The molecule has 3 rings (SSSR count). The van der Waals surface area contributed by atoms with Crippen molar-refractivity contribution in [3.8, 4) is 0 Å². The first kappa shape index (κ1) is 12.9. The van der Waals surface area contributed by atoms with Gasteiger partial charge in [-0.25, -0.2) is 0 Å². The molecule has 0 aromatic heterocycles. The van der Waals surface area contributed by atoms with E-state index in [4.69, 9.17) is 19.9 Å². The third-order valence-electron chi connectivity index (χ3n) is 4.64. The van der Waals surface area contributed by atoms with Gasteiger partial charge in [-0.15, -0.1) is 0 Å². The lowest BCUT2D eigenvalue weighted by Crippen LogP contribution is -2.47. The lowest BCUT2D eigenvalue weighted by Gasteiger charge is -2.40. The van der Waals surface area contributed by atoms with Crippen molar-refractivity contribution in [1.29, 1.82) is 0 Å². The van der Waals surface area contributed by atoms with Crippen molar-refractivity contribution in [3.05, 3.63) is 0 Å². The summed E-state index contributed by atoms with van der Waals surface area (Å²) in [5.41, 5.74) is 6.11. The van der Waals surface area contributed by atoms with Gasteiger partial charge in [0.2, 0.25) is 0 Å². The van der Waals surface area contributed by atoms with Crippen molar-refractivity contribution in [3.63, 3.8) is 0 Å². The first-order chi connectivity index (χ1) is 8.77. The van der Waals surface area contributed by atoms with Gasteiger partial charge >= 0.3 is 0 Å². The molecule has 4 atom stereocenters. The van der Waals surface area contributed by atoms with Gasteiger partial charge < -0.3 is 19.9 Å². The summed E-state index contributed by atoms with van der Waals surface area (Å²) >= 11 is 0. The summed E-state index contributed by atoms with van der Waals surface area (Å²) < 4.78 is 17.7. The molecule has 4 nitrogen and oxygen atoms in total. The van der Waals surface area contributed by atoms with Crippen LogP contribution in [0.25, 0.3) is 0 Å². The molecule has 0 amide bonds. The zero-order valence-corrected chi connectivity index (χ0v) is 11.1. The zero-order chi connectivity index (χ0) is 12.4. The number of nitrogens with two attached hydrogens (primary N) is 1. The molecule has 0 aromatic rings. The maximum absolute atomic E-state index is 6.27. The minimum absolute atomic E-state index is 0.0539. The third-order valence-corrected chi connectivity index (χ3v) is 4.64. The molecule has 4 heteroatoms. The van der Waals surface area contributed by atoms with Crippen molar-refractivity contribution in [1.82, 2.24) is 0 Å². The van der Waals surface area contributed by atoms with Crippen molar-refractivity contribution in [2.75, 3.05) is 19.8 Å². The van der Waals surface area contributed by atoms with E-state index in [1.165, 1.54) is 12.8 Å². The van der Waals surface area contributed by atoms with E-state index in [-0.39, 0.29) is 17.7 Å². The SMILES string of the molecule is NC1CCCCC1OC1CCOC2(CCOC2)C1. The molecule has 104 valence electrons. The second-order valence-corrected chi connectivity index (χ2v) is 6.07. The minimum atomic E-state index is -0.0539. The summed E-state index contributed by atoms with van der Waals surface area (Å²) in [5, 5.41) is 0. The van der Waals surface area contributed by atoms with Crippen LogP contribution in [0.5, 0.6) is 0 Å². The lowest BCUT2D eigenvalue weighted by atomic mass is 9.89. The molecule has 1 saturated carbocycles. The molecular weight excluding hydrogens is 230 g/mol. The second kappa shape index (κ2) is 5.45. The minimum Gasteiger partial charge on any atom is -0.378 e. The highest BCUT2D eigenvalue weighted by Gasteiger charge is 2.42. The van der Waals surface area contributed by atoms with Gasteiger partial charge in [-0.2, -0.15) is 0 Å². The van der Waals surface area contributed by atoms with Gasteiger partial charge in [0.05, 0.1) is 24.4 Å². The van der Waals surface area contributed by atoms with E-state index in [1.807, 2.05) is 0 Å². The number of ether oxygens (including phenoxy) is 3. The first-order valence-corrected chi connectivity index (χ1v) is 7.40. The van der Waals surface area contributed by atoms with Crippen LogP contribution in [0.2, 0.25) is 0 Å². The summed E-state index contributed by atoms with van der Waals surface area (Å²) in [6, 6.07) is 0.234. The predicted molar refractivity (Wildman–Crippen MR) is 68.5 cm³/mol. The highest BCUT2D eigenvalue weighted by Crippen LogP contribution is 2.35. The summed E-state index contributed by atoms with van der Waals surface area (Å²) in [5.74, 6) is 0. The van der Waals surface area contributed by atoms with Gasteiger partial charge in [-0.1, -0.05) is 12.8 Å². The molecule has 0 bridgehead atoms. The zero-order valence-electron chi connectivity index (χ0n) is 11.1. The van der Waals surface area contributed by atoms with E-state index >= 15 is 0 Å². The van der Waals surface area contributed by atoms with Gasteiger partial charge in [0.1, 0.15) is 0 Å². The van der Waals surface area contributed by atoms with Crippen LogP contribution >= 0.6 is 0 Å². The Morgan fingerprint density at radius 3 is 2.78 bits per heavy atom. The molecule has 3 fully saturated rings. The highest BCUT2D eigenvalue weighted by atomic mass is 16.6. The predicted octanol–water partition coefficient (Wildman–Crippen LogP) is 1.61. The van der Waals surface area contributed by atoms with Crippen LogP contribution in [0.1, 0.15) is 44.9 Å². The maximum Gasteiger partial charge on any atom is 0.0961 e. The topological polar surface area (TPSA) is 53.7 Å². The van der Waals surface area contributed by atoms with Gasteiger partial charge in [0.15, 0.2) is 0 Å². The number of rotatable bonds is 2. The Labute approximate surface area is 109 Å². The quantitative estimate of drug-likeness (QED) is 0.814. The summed E-state index contributed by atoms with van der Waals surface area (Å²) in [6.45, 7) is 2.37. The fourth-order valence-electron chi connectivity index (χ4n) is 3.50. The standard InChI is InChI=1S/C14H25NO3/c15-12-3-1-2-4-13(12)18-11-5-7-17-14(9-11)6-8-16-10-14/h11-13H,1-10,15H2. The van der Waals surface area contributed by atoms with Crippen molar-refractivity contribution in [2.24, 2.45) is 5.73 Å². The van der Waals surface area contributed by atoms with E-state index in [9.17, 15) is 0 Å². The molecule has 3 aliphatic rings. The van der Waals surface area contributed by atoms with E-state index in [1.54, 1.807) is 0 Å². The fraction of sp³-hybridized carbons (Fsp3) is 1.00. The Bertz CT molecular complexity index is 278. The van der Waals surface area contributed by atoms with Crippen molar-refractivity contribution in [2.45, 2.75) is 68.8 Å².